The van der Waals surface area contributed by atoms with Gasteiger partial charge >= 0.3 is 0 Å². The van der Waals surface area contributed by atoms with Gasteiger partial charge in [-0.15, -0.1) is 0 Å². The number of aromatic nitrogens is 1. The van der Waals surface area contributed by atoms with E-state index in [4.69, 9.17) is 4.52 Å². The first kappa shape index (κ1) is 23.7. The lowest BCUT2D eigenvalue weighted by Gasteiger charge is -2.19. The molecule has 170 valence electrons. The number of rotatable bonds is 10. The second-order valence-corrected chi connectivity index (χ2v) is 9.43. The third-order valence-corrected chi connectivity index (χ3v) is 7.40. The van der Waals surface area contributed by atoms with Crippen molar-refractivity contribution in [2.24, 2.45) is 0 Å². The van der Waals surface area contributed by atoms with Gasteiger partial charge in [0.25, 0.3) is 5.91 Å². The molecular weight excluding hydrogens is 426 g/mol. The van der Waals surface area contributed by atoms with Crippen LogP contribution in [0.1, 0.15) is 36.4 Å². The SMILES string of the molecule is CCN(CC)S(=O)(=O)c1ccc(C(=O)N(C)CCCc2cc(-c3ccccc3)no2)cc1. The first-order valence-electron chi connectivity index (χ1n) is 10.7. The maximum atomic E-state index is 12.7. The van der Waals surface area contributed by atoms with E-state index in [9.17, 15) is 13.2 Å². The number of aryl methyl sites for hydroxylation is 1. The summed E-state index contributed by atoms with van der Waals surface area (Å²) in [6.07, 6.45) is 1.39. The van der Waals surface area contributed by atoms with E-state index < -0.39 is 10.0 Å². The highest BCUT2D eigenvalue weighted by Gasteiger charge is 2.22. The van der Waals surface area contributed by atoms with Crippen LogP contribution in [0.4, 0.5) is 0 Å². The first-order valence-corrected chi connectivity index (χ1v) is 12.2. The Morgan fingerprint density at radius 2 is 1.66 bits per heavy atom. The molecule has 0 aliphatic heterocycles. The van der Waals surface area contributed by atoms with Gasteiger partial charge in [0.2, 0.25) is 10.0 Å². The predicted octanol–water partition coefficient (Wildman–Crippen LogP) is 4.08. The number of carbonyl (C=O) groups is 1. The average molecular weight is 456 g/mol. The minimum atomic E-state index is -3.53. The van der Waals surface area contributed by atoms with E-state index in [0.29, 0.717) is 31.6 Å². The van der Waals surface area contributed by atoms with Gasteiger partial charge in [-0.3, -0.25) is 4.79 Å². The van der Waals surface area contributed by atoms with E-state index in [-0.39, 0.29) is 10.8 Å². The first-order chi connectivity index (χ1) is 15.4. The molecule has 2 aromatic carbocycles. The highest BCUT2D eigenvalue weighted by atomic mass is 32.2. The molecule has 1 aromatic heterocycles. The fourth-order valence-electron chi connectivity index (χ4n) is 3.47. The Hall–Kier alpha value is -2.97. The molecule has 0 N–H and O–H groups in total. The minimum Gasteiger partial charge on any atom is -0.361 e. The monoisotopic (exact) mass is 455 g/mol. The smallest absolute Gasteiger partial charge is 0.253 e. The number of hydrogen-bond acceptors (Lipinski definition) is 5. The molecule has 0 atom stereocenters. The van der Waals surface area contributed by atoms with Crippen LogP contribution in [-0.2, 0) is 16.4 Å². The van der Waals surface area contributed by atoms with Crippen molar-refractivity contribution >= 4 is 15.9 Å². The zero-order valence-electron chi connectivity index (χ0n) is 18.7. The van der Waals surface area contributed by atoms with Gasteiger partial charge in [-0.2, -0.15) is 4.31 Å². The van der Waals surface area contributed by atoms with Crippen molar-refractivity contribution < 1.29 is 17.7 Å². The summed E-state index contributed by atoms with van der Waals surface area (Å²) in [7, 11) is -1.80. The Morgan fingerprint density at radius 3 is 2.28 bits per heavy atom. The van der Waals surface area contributed by atoms with Crippen LogP contribution in [0.15, 0.2) is 70.1 Å². The fraction of sp³-hybridized carbons (Fsp3) is 0.333. The second kappa shape index (κ2) is 10.6. The van der Waals surface area contributed by atoms with Crippen molar-refractivity contribution in [2.45, 2.75) is 31.6 Å². The van der Waals surface area contributed by atoms with Crippen molar-refractivity contribution in [3.05, 3.63) is 72.0 Å². The summed E-state index contributed by atoms with van der Waals surface area (Å²) >= 11 is 0. The maximum absolute atomic E-state index is 12.7. The van der Waals surface area contributed by atoms with Crippen molar-refractivity contribution in [3.8, 4) is 11.3 Å². The van der Waals surface area contributed by atoms with Crippen molar-refractivity contribution in [1.82, 2.24) is 14.4 Å². The Kier molecular flexibility index (Phi) is 7.82. The van der Waals surface area contributed by atoms with Crippen LogP contribution in [0.5, 0.6) is 0 Å². The number of sulfonamides is 1. The lowest BCUT2D eigenvalue weighted by Crippen LogP contribution is -2.31. The summed E-state index contributed by atoms with van der Waals surface area (Å²) in [5.74, 6) is 0.620. The standard InChI is InChI=1S/C24H29N3O4S/c1-4-27(5-2)32(29,30)22-15-13-20(14-16-22)24(28)26(3)17-9-12-21-18-23(25-31-21)19-10-7-6-8-11-19/h6-8,10-11,13-16,18H,4-5,9,12,17H2,1-3H3. The Labute approximate surface area is 189 Å². The zero-order valence-corrected chi connectivity index (χ0v) is 19.5. The van der Waals surface area contributed by atoms with Crippen LogP contribution in [0.25, 0.3) is 11.3 Å². The molecule has 32 heavy (non-hydrogen) atoms. The van der Waals surface area contributed by atoms with Crippen LogP contribution < -0.4 is 0 Å². The highest BCUT2D eigenvalue weighted by Crippen LogP contribution is 2.20. The average Bonchev–Trinajstić information content (AvgIpc) is 3.29. The summed E-state index contributed by atoms with van der Waals surface area (Å²) in [5, 5.41) is 4.11. The van der Waals surface area contributed by atoms with Crippen LogP contribution in [0, 0.1) is 0 Å². The largest absolute Gasteiger partial charge is 0.361 e. The third kappa shape index (κ3) is 5.44. The fourth-order valence-corrected chi connectivity index (χ4v) is 4.93. The molecule has 0 unspecified atom stereocenters. The minimum absolute atomic E-state index is 0.153. The number of amides is 1. The maximum Gasteiger partial charge on any atom is 0.253 e. The lowest BCUT2D eigenvalue weighted by atomic mass is 10.1. The van der Waals surface area contributed by atoms with Gasteiger partial charge in [0, 0.05) is 50.3 Å². The van der Waals surface area contributed by atoms with Gasteiger partial charge in [-0.25, -0.2) is 8.42 Å². The molecule has 0 spiro atoms. The number of nitrogens with zero attached hydrogens (tertiary/aromatic N) is 3. The zero-order chi connectivity index (χ0) is 23.1. The molecule has 1 amide bonds. The molecular formula is C24H29N3O4S. The van der Waals surface area contributed by atoms with Gasteiger partial charge < -0.3 is 9.42 Å². The molecule has 0 saturated carbocycles. The predicted molar refractivity (Wildman–Crippen MR) is 124 cm³/mol. The third-order valence-electron chi connectivity index (χ3n) is 5.34. The summed E-state index contributed by atoms with van der Waals surface area (Å²) in [5.41, 5.74) is 2.25. The quantitative estimate of drug-likeness (QED) is 0.460. The van der Waals surface area contributed by atoms with Gasteiger partial charge in [-0.05, 0) is 30.7 Å². The molecule has 0 fully saturated rings. The normalized spacial score (nSPS) is 11.6. The van der Waals surface area contributed by atoms with Gasteiger partial charge in [0.05, 0.1) is 4.90 Å². The molecule has 0 saturated heterocycles. The number of hydrogen-bond donors (Lipinski definition) is 0. The van der Waals surface area contributed by atoms with E-state index in [1.807, 2.05) is 36.4 Å². The van der Waals surface area contributed by atoms with Crippen molar-refractivity contribution in [2.75, 3.05) is 26.7 Å². The molecule has 3 aromatic rings. The lowest BCUT2D eigenvalue weighted by molar-refractivity contribution is 0.0792. The van der Waals surface area contributed by atoms with E-state index in [1.165, 1.54) is 16.4 Å². The van der Waals surface area contributed by atoms with Gasteiger partial charge in [0.15, 0.2) is 0 Å². The van der Waals surface area contributed by atoms with E-state index in [1.54, 1.807) is 37.9 Å². The van der Waals surface area contributed by atoms with E-state index in [0.717, 1.165) is 23.4 Å². The Balaban J connectivity index is 1.55. The van der Waals surface area contributed by atoms with Crippen LogP contribution in [0.3, 0.4) is 0 Å². The summed E-state index contributed by atoms with van der Waals surface area (Å²) in [4.78, 5) is 14.5. The molecule has 8 heteroatoms. The molecule has 0 bridgehead atoms. The molecule has 3 rings (SSSR count). The van der Waals surface area contributed by atoms with Crippen LogP contribution >= 0.6 is 0 Å². The van der Waals surface area contributed by atoms with Gasteiger partial charge in [0.1, 0.15) is 11.5 Å². The number of carbonyl (C=O) groups excluding carboxylic acids is 1. The molecule has 0 aliphatic rings. The summed E-state index contributed by atoms with van der Waals surface area (Å²) in [6.45, 7) is 4.95. The Morgan fingerprint density at radius 1 is 1.00 bits per heavy atom. The second-order valence-electron chi connectivity index (χ2n) is 7.49. The van der Waals surface area contributed by atoms with Crippen LogP contribution in [-0.4, -0.2) is 55.4 Å². The van der Waals surface area contributed by atoms with Gasteiger partial charge in [-0.1, -0.05) is 49.3 Å². The molecule has 0 radical (unpaired) electrons. The summed E-state index contributed by atoms with van der Waals surface area (Å²) in [6, 6.07) is 17.9. The number of benzene rings is 2. The summed E-state index contributed by atoms with van der Waals surface area (Å²) < 4.78 is 32.0. The molecule has 7 nitrogen and oxygen atoms in total. The highest BCUT2D eigenvalue weighted by molar-refractivity contribution is 7.89. The van der Waals surface area contributed by atoms with E-state index >= 15 is 0 Å². The molecule has 1 heterocycles. The van der Waals surface area contributed by atoms with Crippen molar-refractivity contribution in [1.29, 1.82) is 0 Å². The Bertz CT molecular complexity index is 1120. The van der Waals surface area contributed by atoms with E-state index in [2.05, 4.69) is 5.16 Å². The topological polar surface area (TPSA) is 83.7 Å². The van der Waals surface area contributed by atoms with Crippen molar-refractivity contribution in [3.63, 3.8) is 0 Å². The molecule has 0 aliphatic carbocycles. The van der Waals surface area contributed by atoms with Crippen LogP contribution in [0.2, 0.25) is 0 Å².